The summed E-state index contributed by atoms with van der Waals surface area (Å²) in [5, 5.41) is 7.85. The van der Waals surface area contributed by atoms with Crippen molar-refractivity contribution < 1.29 is 9.59 Å². The summed E-state index contributed by atoms with van der Waals surface area (Å²) >= 11 is 1.37. The van der Waals surface area contributed by atoms with E-state index in [0.29, 0.717) is 11.4 Å². The molecule has 2 rings (SSSR count). The molecule has 2 atom stereocenters. The summed E-state index contributed by atoms with van der Waals surface area (Å²) in [4.78, 5) is 26.7. The first-order valence-electron chi connectivity index (χ1n) is 6.45. The van der Waals surface area contributed by atoms with Gasteiger partial charge in [-0.15, -0.1) is 11.3 Å². The standard InChI is InChI=1S/C13H19N3O2S/c1-9-8-14-5-6-16(9)13(18)10(2)15-12(17)11-4-3-7-19-11/h3-4,7,9-10,14H,5-6,8H2,1-2H3,(H,15,17). The molecule has 0 saturated carbocycles. The number of nitrogens with one attached hydrogen (secondary N) is 2. The van der Waals surface area contributed by atoms with E-state index < -0.39 is 6.04 Å². The lowest BCUT2D eigenvalue weighted by molar-refractivity contribution is -0.135. The molecule has 0 radical (unpaired) electrons. The van der Waals surface area contributed by atoms with Gasteiger partial charge in [0, 0.05) is 25.7 Å². The fraction of sp³-hybridized carbons (Fsp3) is 0.538. The van der Waals surface area contributed by atoms with Crippen LogP contribution in [-0.2, 0) is 4.79 Å². The summed E-state index contributed by atoms with van der Waals surface area (Å²) in [6.45, 7) is 6.05. The normalized spacial score (nSPS) is 20.9. The molecular weight excluding hydrogens is 262 g/mol. The molecule has 19 heavy (non-hydrogen) atoms. The van der Waals surface area contributed by atoms with Crippen LogP contribution in [0.15, 0.2) is 17.5 Å². The number of carbonyl (C=O) groups excluding carboxylic acids is 2. The Hall–Kier alpha value is -1.40. The molecule has 6 heteroatoms. The zero-order valence-electron chi connectivity index (χ0n) is 11.2. The lowest BCUT2D eigenvalue weighted by atomic mass is 10.1. The van der Waals surface area contributed by atoms with Crippen molar-refractivity contribution >= 4 is 23.2 Å². The molecule has 1 saturated heterocycles. The SMILES string of the molecule is CC(NC(=O)c1cccs1)C(=O)N1CCNCC1C. The van der Waals surface area contributed by atoms with E-state index in [2.05, 4.69) is 10.6 Å². The smallest absolute Gasteiger partial charge is 0.261 e. The van der Waals surface area contributed by atoms with Crippen molar-refractivity contribution in [3.8, 4) is 0 Å². The van der Waals surface area contributed by atoms with Gasteiger partial charge in [0.15, 0.2) is 0 Å². The molecule has 1 fully saturated rings. The van der Waals surface area contributed by atoms with Crippen LogP contribution in [0.5, 0.6) is 0 Å². The zero-order valence-corrected chi connectivity index (χ0v) is 12.0. The number of amides is 2. The highest BCUT2D eigenvalue weighted by atomic mass is 32.1. The maximum Gasteiger partial charge on any atom is 0.261 e. The second-order valence-corrected chi connectivity index (χ2v) is 5.70. The Kier molecular flexibility index (Phi) is 4.55. The molecule has 2 heterocycles. The summed E-state index contributed by atoms with van der Waals surface area (Å²) in [5.41, 5.74) is 0. The van der Waals surface area contributed by atoms with Gasteiger partial charge >= 0.3 is 0 Å². The highest BCUT2D eigenvalue weighted by Gasteiger charge is 2.27. The summed E-state index contributed by atoms with van der Waals surface area (Å²) in [7, 11) is 0. The van der Waals surface area contributed by atoms with Crippen LogP contribution in [0.4, 0.5) is 0 Å². The molecule has 0 aliphatic carbocycles. The Bertz CT molecular complexity index is 447. The van der Waals surface area contributed by atoms with Crippen LogP contribution >= 0.6 is 11.3 Å². The molecule has 1 aliphatic rings. The molecule has 1 aromatic rings. The van der Waals surface area contributed by atoms with Crippen LogP contribution in [0.3, 0.4) is 0 Å². The summed E-state index contributed by atoms with van der Waals surface area (Å²) in [5.74, 6) is -0.197. The Labute approximate surface area is 117 Å². The van der Waals surface area contributed by atoms with Crippen molar-refractivity contribution in [3.63, 3.8) is 0 Å². The van der Waals surface area contributed by atoms with Gasteiger partial charge in [-0.25, -0.2) is 0 Å². The fourth-order valence-electron chi connectivity index (χ4n) is 2.15. The zero-order chi connectivity index (χ0) is 13.8. The number of hydrogen-bond acceptors (Lipinski definition) is 4. The van der Waals surface area contributed by atoms with Crippen LogP contribution in [-0.4, -0.2) is 48.4 Å². The molecule has 1 aliphatic heterocycles. The Morgan fingerprint density at radius 2 is 2.37 bits per heavy atom. The van der Waals surface area contributed by atoms with Gasteiger partial charge in [0.05, 0.1) is 4.88 Å². The van der Waals surface area contributed by atoms with Crippen LogP contribution < -0.4 is 10.6 Å². The first-order chi connectivity index (χ1) is 9.09. The summed E-state index contributed by atoms with van der Waals surface area (Å²) < 4.78 is 0. The fourth-order valence-corrected chi connectivity index (χ4v) is 2.78. The summed E-state index contributed by atoms with van der Waals surface area (Å²) in [6, 6.07) is 3.26. The average Bonchev–Trinajstić information content (AvgIpc) is 2.92. The highest BCUT2D eigenvalue weighted by Crippen LogP contribution is 2.09. The van der Waals surface area contributed by atoms with E-state index in [1.54, 1.807) is 13.0 Å². The lowest BCUT2D eigenvalue weighted by Crippen LogP contribution is -2.57. The first-order valence-corrected chi connectivity index (χ1v) is 7.33. The molecule has 0 spiro atoms. The minimum absolute atomic E-state index is 0.0149. The molecule has 1 aromatic heterocycles. The second-order valence-electron chi connectivity index (χ2n) is 4.76. The number of thiophene rings is 1. The van der Waals surface area contributed by atoms with Gasteiger partial charge in [0.1, 0.15) is 6.04 Å². The van der Waals surface area contributed by atoms with Crippen LogP contribution in [0, 0.1) is 0 Å². The van der Waals surface area contributed by atoms with Gasteiger partial charge in [0.2, 0.25) is 5.91 Å². The van der Waals surface area contributed by atoms with E-state index >= 15 is 0 Å². The maximum atomic E-state index is 12.3. The van der Waals surface area contributed by atoms with Gasteiger partial charge in [0.25, 0.3) is 5.91 Å². The van der Waals surface area contributed by atoms with E-state index in [1.165, 1.54) is 11.3 Å². The van der Waals surface area contributed by atoms with E-state index in [0.717, 1.165) is 13.1 Å². The number of rotatable bonds is 3. The predicted octanol–water partition coefficient (Wildman–Crippen LogP) is 0.687. The number of nitrogens with zero attached hydrogens (tertiary/aromatic N) is 1. The maximum absolute atomic E-state index is 12.3. The van der Waals surface area contributed by atoms with Crippen molar-refractivity contribution in [2.75, 3.05) is 19.6 Å². The molecular formula is C13H19N3O2S. The minimum Gasteiger partial charge on any atom is -0.340 e. The van der Waals surface area contributed by atoms with Gasteiger partial charge in [-0.3, -0.25) is 9.59 Å². The molecule has 104 valence electrons. The third kappa shape index (κ3) is 3.33. The molecule has 2 amide bonds. The topological polar surface area (TPSA) is 61.4 Å². The van der Waals surface area contributed by atoms with Crippen LogP contribution in [0.1, 0.15) is 23.5 Å². The van der Waals surface area contributed by atoms with Crippen molar-refractivity contribution in [1.29, 1.82) is 0 Å². The van der Waals surface area contributed by atoms with Crippen LogP contribution in [0.25, 0.3) is 0 Å². The molecule has 2 unspecified atom stereocenters. The van der Waals surface area contributed by atoms with Crippen molar-refractivity contribution in [2.24, 2.45) is 0 Å². The number of piperazine rings is 1. The molecule has 2 N–H and O–H groups in total. The molecule has 5 nitrogen and oxygen atoms in total. The predicted molar refractivity (Wildman–Crippen MR) is 75.3 cm³/mol. The van der Waals surface area contributed by atoms with Crippen molar-refractivity contribution in [1.82, 2.24) is 15.5 Å². The Morgan fingerprint density at radius 3 is 3.00 bits per heavy atom. The van der Waals surface area contributed by atoms with E-state index in [9.17, 15) is 9.59 Å². The van der Waals surface area contributed by atoms with Gasteiger partial charge in [-0.2, -0.15) is 0 Å². The highest BCUT2D eigenvalue weighted by molar-refractivity contribution is 7.12. The average molecular weight is 281 g/mol. The molecule has 0 aromatic carbocycles. The monoisotopic (exact) mass is 281 g/mol. The van der Waals surface area contributed by atoms with Gasteiger partial charge in [-0.05, 0) is 25.3 Å². The third-order valence-electron chi connectivity index (χ3n) is 3.25. The lowest BCUT2D eigenvalue weighted by Gasteiger charge is -2.35. The van der Waals surface area contributed by atoms with E-state index in [-0.39, 0.29) is 17.9 Å². The van der Waals surface area contributed by atoms with E-state index in [1.807, 2.05) is 23.3 Å². The first kappa shape index (κ1) is 14.0. The summed E-state index contributed by atoms with van der Waals surface area (Å²) in [6.07, 6.45) is 0. The Morgan fingerprint density at radius 1 is 1.58 bits per heavy atom. The van der Waals surface area contributed by atoms with Crippen molar-refractivity contribution in [2.45, 2.75) is 25.9 Å². The minimum atomic E-state index is -0.491. The Balaban J connectivity index is 1.93. The quantitative estimate of drug-likeness (QED) is 0.857. The third-order valence-corrected chi connectivity index (χ3v) is 4.12. The van der Waals surface area contributed by atoms with Gasteiger partial charge in [-0.1, -0.05) is 6.07 Å². The second kappa shape index (κ2) is 6.16. The van der Waals surface area contributed by atoms with Gasteiger partial charge < -0.3 is 15.5 Å². The van der Waals surface area contributed by atoms with E-state index in [4.69, 9.17) is 0 Å². The molecule has 0 bridgehead atoms. The largest absolute Gasteiger partial charge is 0.340 e. The van der Waals surface area contributed by atoms with Crippen LogP contribution in [0.2, 0.25) is 0 Å². The number of carbonyl (C=O) groups is 2. The van der Waals surface area contributed by atoms with Crippen molar-refractivity contribution in [3.05, 3.63) is 22.4 Å². The number of hydrogen-bond donors (Lipinski definition) is 2.